The Morgan fingerprint density at radius 3 is 2.67 bits per heavy atom. The van der Waals surface area contributed by atoms with Crippen molar-refractivity contribution in [3.63, 3.8) is 0 Å². The molecule has 1 heterocycles. The van der Waals surface area contributed by atoms with Crippen molar-refractivity contribution >= 4 is 16.0 Å². The highest BCUT2D eigenvalue weighted by atomic mass is 32.2. The highest BCUT2D eigenvalue weighted by molar-refractivity contribution is 7.89. The zero-order chi connectivity index (χ0) is 15.5. The fourth-order valence-corrected chi connectivity index (χ4v) is 4.46. The van der Waals surface area contributed by atoms with Gasteiger partial charge in [-0.25, -0.2) is 12.7 Å². The topological polar surface area (TPSA) is 63.7 Å². The molecule has 0 aliphatic carbocycles. The number of methoxy groups -OCH3 is 1. The zero-order valence-corrected chi connectivity index (χ0v) is 13.2. The van der Waals surface area contributed by atoms with Crippen molar-refractivity contribution < 1.29 is 17.9 Å². The molecule has 0 spiro atoms. The van der Waals surface area contributed by atoms with E-state index in [1.165, 1.54) is 11.4 Å². The average molecular weight is 311 g/mol. The Bertz CT molecular complexity index is 585. The number of carbonyl (C=O) groups is 1. The van der Waals surface area contributed by atoms with Gasteiger partial charge in [0.25, 0.3) is 0 Å². The monoisotopic (exact) mass is 311 g/mol. The summed E-state index contributed by atoms with van der Waals surface area (Å²) in [5.74, 6) is -0.681. The zero-order valence-electron chi connectivity index (χ0n) is 12.4. The third-order valence-corrected chi connectivity index (χ3v) is 5.95. The predicted octanol–water partition coefficient (Wildman–Crippen LogP) is 1.61. The summed E-state index contributed by atoms with van der Waals surface area (Å²) in [6.45, 7) is 2.53. The number of sulfonamides is 1. The van der Waals surface area contributed by atoms with Crippen molar-refractivity contribution in [1.82, 2.24) is 4.31 Å². The molecule has 21 heavy (non-hydrogen) atoms. The second-order valence-electron chi connectivity index (χ2n) is 5.46. The second kappa shape index (κ2) is 6.58. The first-order chi connectivity index (χ1) is 9.94. The van der Waals surface area contributed by atoms with Crippen molar-refractivity contribution in [3.8, 4) is 0 Å². The molecule has 1 aromatic rings. The number of hydrogen-bond donors (Lipinski definition) is 0. The standard InChI is InChI=1S/C15H21NO4S/c1-12(13-6-4-3-5-7-13)11-21(18,19)16-9-8-14(10-16)15(17)20-2/h3-7,12,14H,8-11H2,1-2H3. The molecule has 0 bridgehead atoms. The summed E-state index contributed by atoms with van der Waals surface area (Å²) in [6.07, 6.45) is 0.533. The molecule has 5 nitrogen and oxygen atoms in total. The van der Waals surface area contributed by atoms with Crippen molar-refractivity contribution in [2.45, 2.75) is 19.3 Å². The van der Waals surface area contributed by atoms with Crippen molar-refractivity contribution in [2.24, 2.45) is 5.92 Å². The Balaban J connectivity index is 2.01. The Labute approximate surface area is 126 Å². The normalized spacial score (nSPS) is 21.1. The third kappa shape index (κ3) is 3.83. The van der Waals surface area contributed by atoms with E-state index in [4.69, 9.17) is 0 Å². The fraction of sp³-hybridized carbons (Fsp3) is 0.533. The van der Waals surface area contributed by atoms with Crippen LogP contribution in [0.15, 0.2) is 30.3 Å². The highest BCUT2D eigenvalue weighted by Crippen LogP contribution is 2.24. The highest BCUT2D eigenvalue weighted by Gasteiger charge is 2.36. The van der Waals surface area contributed by atoms with Gasteiger partial charge in [-0.05, 0) is 17.9 Å². The van der Waals surface area contributed by atoms with E-state index in [0.29, 0.717) is 13.0 Å². The van der Waals surface area contributed by atoms with E-state index in [9.17, 15) is 13.2 Å². The second-order valence-corrected chi connectivity index (χ2v) is 7.47. The van der Waals surface area contributed by atoms with E-state index in [-0.39, 0.29) is 30.1 Å². The van der Waals surface area contributed by atoms with E-state index >= 15 is 0 Å². The van der Waals surface area contributed by atoms with Gasteiger partial charge in [0.2, 0.25) is 10.0 Å². The molecule has 0 radical (unpaired) electrons. The molecule has 0 N–H and O–H groups in total. The maximum absolute atomic E-state index is 12.4. The van der Waals surface area contributed by atoms with E-state index in [0.717, 1.165) is 5.56 Å². The lowest BCUT2D eigenvalue weighted by atomic mass is 10.0. The Morgan fingerprint density at radius 2 is 2.05 bits per heavy atom. The molecule has 1 aliphatic heterocycles. The Kier molecular flexibility index (Phi) is 5.00. The fourth-order valence-electron chi connectivity index (χ4n) is 2.64. The number of hydrogen-bond acceptors (Lipinski definition) is 4. The van der Waals surface area contributed by atoms with Crippen LogP contribution < -0.4 is 0 Å². The van der Waals surface area contributed by atoms with Crippen LogP contribution >= 0.6 is 0 Å². The predicted molar refractivity (Wildman–Crippen MR) is 80.3 cm³/mol. The van der Waals surface area contributed by atoms with Gasteiger partial charge in [0.1, 0.15) is 0 Å². The first-order valence-corrected chi connectivity index (χ1v) is 8.65. The Hall–Kier alpha value is -1.40. The molecule has 116 valence electrons. The molecule has 1 aromatic carbocycles. The van der Waals surface area contributed by atoms with Gasteiger partial charge < -0.3 is 4.74 Å². The summed E-state index contributed by atoms with van der Waals surface area (Å²) < 4.78 is 31.0. The molecular formula is C15H21NO4S. The van der Waals surface area contributed by atoms with E-state index in [1.54, 1.807) is 0 Å². The van der Waals surface area contributed by atoms with Crippen molar-refractivity contribution in [3.05, 3.63) is 35.9 Å². The van der Waals surface area contributed by atoms with Crippen LogP contribution in [-0.4, -0.2) is 44.6 Å². The first kappa shape index (κ1) is 16.0. The van der Waals surface area contributed by atoms with E-state index in [2.05, 4.69) is 4.74 Å². The molecule has 1 aliphatic rings. The molecule has 1 fully saturated rings. The molecule has 0 amide bonds. The van der Waals surface area contributed by atoms with Gasteiger partial charge in [-0.3, -0.25) is 4.79 Å². The first-order valence-electron chi connectivity index (χ1n) is 7.04. The molecule has 2 unspecified atom stereocenters. The number of benzene rings is 1. The van der Waals surface area contributed by atoms with Gasteiger partial charge in [-0.2, -0.15) is 0 Å². The lowest BCUT2D eigenvalue weighted by molar-refractivity contribution is -0.144. The van der Waals surface area contributed by atoms with Crippen LogP contribution in [0.1, 0.15) is 24.8 Å². The van der Waals surface area contributed by atoms with Crippen molar-refractivity contribution in [1.29, 1.82) is 0 Å². The molecule has 2 atom stereocenters. The number of rotatable bonds is 5. The summed E-state index contributed by atoms with van der Waals surface area (Å²) >= 11 is 0. The maximum atomic E-state index is 12.4. The van der Waals surface area contributed by atoms with Crippen LogP contribution in [0, 0.1) is 5.92 Å². The van der Waals surface area contributed by atoms with Gasteiger partial charge in [0, 0.05) is 13.1 Å². The van der Waals surface area contributed by atoms with Crippen LogP contribution in [0.2, 0.25) is 0 Å². The minimum atomic E-state index is -3.36. The lowest BCUT2D eigenvalue weighted by Gasteiger charge is -2.19. The number of esters is 1. The summed E-state index contributed by atoms with van der Waals surface area (Å²) in [6, 6.07) is 9.58. The summed E-state index contributed by atoms with van der Waals surface area (Å²) in [7, 11) is -2.03. The van der Waals surface area contributed by atoms with Crippen LogP contribution in [0.25, 0.3) is 0 Å². The van der Waals surface area contributed by atoms with Gasteiger partial charge in [0.15, 0.2) is 0 Å². The minimum Gasteiger partial charge on any atom is -0.469 e. The average Bonchev–Trinajstić information content (AvgIpc) is 2.97. The number of carbonyl (C=O) groups excluding carboxylic acids is 1. The van der Waals surface area contributed by atoms with Gasteiger partial charge >= 0.3 is 5.97 Å². The summed E-state index contributed by atoms with van der Waals surface area (Å²) in [5.41, 5.74) is 1.00. The number of nitrogens with zero attached hydrogens (tertiary/aromatic N) is 1. The van der Waals surface area contributed by atoms with E-state index in [1.807, 2.05) is 37.3 Å². The third-order valence-electron chi connectivity index (χ3n) is 3.91. The Morgan fingerprint density at radius 1 is 1.38 bits per heavy atom. The number of ether oxygens (including phenoxy) is 1. The minimum absolute atomic E-state index is 0.0604. The van der Waals surface area contributed by atoms with Crippen LogP contribution in [0.5, 0.6) is 0 Å². The molecule has 0 saturated carbocycles. The van der Waals surface area contributed by atoms with Gasteiger partial charge in [0.05, 0.1) is 18.8 Å². The summed E-state index contributed by atoms with van der Waals surface area (Å²) in [4.78, 5) is 11.5. The largest absolute Gasteiger partial charge is 0.469 e. The lowest BCUT2D eigenvalue weighted by Crippen LogP contribution is -2.33. The molecule has 0 aromatic heterocycles. The summed E-state index contributed by atoms with van der Waals surface area (Å²) in [5, 5.41) is 0. The van der Waals surface area contributed by atoms with Crippen LogP contribution in [0.3, 0.4) is 0 Å². The smallest absolute Gasteiger partial charge is 0.310 e. The molecular weight excluding hydrogens is 290 g/mol. The van der Waals surface area contributed by atoms with Crippen LogP contribution in [0.4, 0.5) is 0 Å². The quantitative estimate of drug-likeness (QED) is 0.775. The van der Waals surface area contributed by atoms with Crippen molar-refractivity contribution in [2.75, 3.05) is 26.0 Å². The van der Waals surface area contributed by atoms with Crippen LogP contribution in [-0.2, 0) is 19.6 Å². The molecule has 6 heteroatoms. The maximum Gasteiger partial charge on any atom is 0.310 e. The van der Waals surface area contributed by atoms with Gasteiger partial charge in [-0.1, -0.05) is 37.3 Å². The van der Waals surface area contributed by atoms with Gasteiger partial charge in [-0.15, -0.1) is 0 Å². The SMILES string of the molecule is COC(=O)C1CCN(S(=O)(=O)CC(C)c2ccccc2)C1. The van der Waals surface area contributed by atoms with E-state index < -0.39 is 10.0 Å². The molecule has 1 saturated heterocycles. The molecule has 2 rings (SSSR count).